The molecule has 0 rings (SSSR count). The molecule has 0 aromatic carbocycles. The number of hydrogen-bond donors (Lipinski definition) is 1. The van der Waals surface area contributed by atoms with Gasteiger partial charge in [-0.1, -0.05) is 13.5 Å². The number of nitrogens with one attached hydrogen (secondary N) is 1. The third kappa shape index (κ3) is 12.5. The Balaban J connectivity index is 3.98. The highest BCUT2D eigenvalue weighted by Crippen LogP contribution is 2.00. The largest absolute Gasteiger partial charge is 0.748 e. The van der Waals surface area contributed by atoms with Gasteiger partial charge in [0.15, 0.2) is 0 Å². The van der Waals surface area contributed by atoms with E-state index in [-0.39, 0.29) is 11.9 Å². The Hall–Kier alpha value is -0.920. The van der Waals surface area contributed by atoms with Gasteiger partial charge in [0.2, 0.25) is 0 Å². The van der Waals surface area contributed by atoms with E-state index < -0.39 is 16.1 Å². The minimum absolute atomic E-state index is 0.152. The maximum absolute atomic E-state index is 11.0. The van der Waals surface area contributed by atoms with E-state index in [0.717, 1.165) is 38.4 Å². The van der Waals surface area contributed by atoms with Gasteiger partial charge < -0.3 is 14.2 Å². The van der Waals surface area contributed by atoms with E-state index in [1.807, 2.05) is 6.92 Å². The predicted octanol–water partition coefficient (Wildman–Crippen LogP) is 0.115. The van der Waals surface area contributed by atoms with Crippen molar-refractivity contribution in [2.75, 3.05) is 25.4 Å². The highest BCUT2D eigenvalue weighted by molar-refractivity contribution is 7.85. The number of hydrogen-bond acceptors (Lipinski definition) is 5. The van der Waals surface area contributed by atoms with Gasteiger partial charge >= 0.3 is 5.97 Å². The van der Waals surface area contributed by atoms with Gasteiger partial charge in [-0.15, -0.1) is 0 Å². The lowest BCUT2D eigenvalue weighted by Crippen LogP contribution is -3.12. The first-order chi connectivity index (χ1) is 9.78. The molecule has 0 aliphatic carbocycles. The van der Waals surface area contributed by atoms with Crippen LogP contribution in [0.1, 0.15) is 39.5 Å². The molecule has 2 atom stereocenters. The average Bonchev–Trinajstić information content (AvgIpc) is 2.37. The number of quaternary nitrogens is 1. The average molecular weight is 321 g/mol. The van der Waals surface area contributed by atoms with Crippen LogP contribution in [0.3, 0.4) is 0 Å². The minimum atomic E-state index is -4.12. The third-order valence-electron chi connectivity index (χ3n) is 3.15. The lowest BCUT2D eigenvalue weighted by Gasteiger charge is -2.20. The van der Waals surface area contributed by atoms with Crippen molar-refractivity contribution >= 4 is 16.1 Å². The molecule has 0 spiro atoms. The highest BCUT2D eigenvalue weighted by atomic mass is 32.2. The molecule has 6 nitrogen and oxygen atoms in total. The lowest BCUT2D eigenvalue weighted by molar-refractivity contribution is -0.900. The molecule has 0 aliphatic heterocycles. The topological polar surface area (TPSA) is 87.9 Å². The molecule has 1 N–H and O–H groups in total. The van der Waals surface area contributed by atoms with E-state index in [1.165, 1.54) is 4.90 Å². The molecule has 0 aromatic heterocycles. The standard InChI is InChI=1S/C14H27NO5S/c1-4-9-15(11-7-12-21(17,18)19)10-6-8-13(3)20-14(16)5-2/h5,13H,2,4,6-12H2,1,3H3,(H,17,18,19). The number of carbonyl (C=O) groups excluding carboxylic acids is 1. The van der Waals surface area contributed by atoms with E-state index in [0.29, 0.717) is 13.0 Å². The van der Waals surface area contributed by atoms with Crippen molar-refractivity contribution in [1.29, 1.82) is 0 Å². The van der Waals surface area contributed by atoms with E-state index in [9.17, 15) is 17.8 Å². The molecule has 0 heterocycles. The minimum Gasteiger partial charge on any atom is -0.748 e. The number of ether oxygens (including phenoxy) is 1. The summed E-state index contributed by atoms with van der Waals surface area (Å²) in [4.78, 5) is 12.3. The second-order valence-electron chi connectivity index (χ2n) is 5.21. The van der Waals surface area contributed by atoms with Crippen LogP contribution in [0.4, 0.5) is 0 Å². The summed E-state index contributed by atoms with van der Waals surface area (Å²) in [6.07, 6.45) is 4.02. The summed E-state index contributed by atoms with van der Waals surface area (Å²) in [6.45, 7) is 9.75. The van der Waals surface area contributed by atoms with Gasteiger partial charge in [-0.25, -0.2) is 13.2 Å². The van der Waals surface area contributed by atoms with Gasteiger partial charge in [-0.3, -0.25) is 0 Å². The molecule has 0 saturated carbocycles. The van der Waals surface area contributed by atoms with Crippen LogP contribution < -0.4 is 4.90 Å². The molecule has 0 aliphatic rings. The molecule has 2 unspecified atom stereocenters. The normalized spacial score (nSPS) is 14.4. The smallest absolute Gasteiger partial charge is 0.330 e. The summed E-state index contributed by atoms with van der Waals surface area (Å²) in [5.74, 6) is -0.714. The first-order valence-corrected chi connectivity index (χ1v) is 8.96. The van der Waals surface area contributed by atoms with Crippen LogP contribution in [0.2, 0.25) is 0 Å². The molecule has 0 fully saturated rings. The van der Waals surface area contributed by atoms with E-state index in [2.05, 4.69) is 13.5 Å². The molecule has 0 radical (unpaired) electrons. The Morgan fingerprint density at radius 3 is 2.48 bits per heavy atom. The fourth-order valence-electron chi connectivity index (χ4n) is 2.17. The van der Waals surface area contributed by atoms with Gasteiger partial charge in [-0.2, -0.15) is 0 Å². The van der Waals surface area contributed by atoms with Crippen molar-refractivity contribution < 1.29 is 27.4 Å². The highest BCUT2D eigenvalue weighted by Gasteiger charge is 2.11. The molecule has 7 heteroatoms. The van der Waals surface area contributed by atoms with Crippen molar-refractivity contribution in [3.05, 3.63) is 12.7 Å². The Bertz CT molecular complexity index is 408. The van der Waals surface area contributed by atoms with E-state index in [4.69, 9.17) is 4.74 Å². The Morgan fingerprint density at radius 2 is 1.95 bits per heavy atom. The second kappa shape index (κ2) is 10.8. The van der Waals surface area contributed by atoms with Crippen LogP contribution in [0.25, 0.3) is 0 Å². The summed E-state index contributed by atoms with van der Waals surface area (Å²) >= 11 is 0. The van der Waals surface area contributed by atoms with Gasteiger partial charge in [-0.05, 0) is 26.2 Å². The van der Waals surface area contributed by atoms with Crippen LogP contribution in [0.5, 0.6) is 0 Å². The summed E-state index contributed by atoms with van der Waals surface area (Å²) in [6, 6.07) is 0. The van der Waals surface area contributed by atoms with Crippen LogP contribution >= 0.6 is 0 Å². The van der Waals surface area contributed by atoms with Gasteiger partial charge in [0.1, 0.15) is 0 Å². The van der Waals surface area contributed by atoms with Gasteiger partial charge in [0.25, 0.3) is 0 Å². The van der Waals surface area contributed by atoms with Crippen molar-refractivity contribution in [1.82, 2.24) is 0 Å². The molecule has 21 heavy (non-hydrogen) atoms. The summed E-state index contributed by atoms with van der Waals surface area (Å²) in [5.41, 5.74) is 0. The first kappa shape index (κ1) is 20.1. The SMILES string of the molecule is C=CC(=O)OC(C)CCC[NH+](CCC)CCCS(=O)(=O)[O-]. The fraction of sp³-hybridized carbons (Fsp3) is 0.786. The molecule has 124 valence electrons. The Labute approximate surface area is 127 Å². The van der Waals surface area contributed by atoms with Gasteiger partial charge in [0, 0.05) is 18.2 Å². The monoisotopic (exact) mass is 321 g/mol. The number of rotatable bonds is 12. The van der Waals surface area contributed by atoms with Crippen molar-refractivity contribution in [2.24, 2.45) is 0 Å². The second-order valence-corrected chi connectivity index (χ2v) is 6.73. The van der Waals surface area contributed by atoms with Crippen LogP contribution in [-0.4, -0.2) is 50.4 Å². The molecule has 0 bridgehead atoms. The van der Waals surface area contributed by atoms with Crippen molar-refractivity contribution in [3.8, 4) is 0 Å². The molecule has 0 aromatic rings. The third-order valence-corrected chi connectivity index (χ3v) is 3.94. The van der Waals surface area contributed by atoms with Crippen LogP contribution in [-0.2, 0) is 19.6 Å². The van der Waals surface area contributed by atoms with Crippen LogP contribution in [0, 0.1) is 0 Å². The zero-order chi connectivity index (χ0) is 16.3. The van der Waals surface area contributed by atoms with E-state index >= 15 is 0 Å². The zero-order valence-electron chi connectivity index (χ0n) is 13.0. The predicted molar refractivity (Wildman–Crippen MR) is 80.0 cm³/mol. The van der Waals surface area contributed by atoms with Crippen molar-refractivity contribution in [3.63, 3.8) is 0 Å². The maximum atomic E-state index is 11.0. The summed E-state index contributed by atoms with van der Waals surface area (Å²) in [5, 5.41) is 0. The summed E-state index contributed by atoms with van der Waals surface area (Å²) in [7, 11) is -4.12. The molecular formula is C14H27NO5S. The number of esters is 1. The summed E-state index contributed by atoms with van der Waals surface area (Å²) < 4.78 is 36.8. The Morgan fingerprint density at radius 1 is 1.33 bits per heavy atom. The maximum Gasteiger partial charge on any atom is 0.330 e. The lowest BCUT2D eigenvalue weighted by atomic mass is 10.2. The first-order valence-electron chi connectivity index (χ1n) is 7.38. The fourth-order valence-corrected chi connectivity index (χ4v) is 2.67. The number of carbonyl (C=O) groups is 1. The molecule has 0 saturated heterocycles. The van der Waals surface area contributed by atoms with E-state index in [1.54, 1.807) is 0 Å². The van der Waals surface area contributed by atoms with Crippen LogP contribution in [0.15, 0.2) is 12.7 Å². The molecular weight excluding hydrogens is 294 g/mol. The quantitative estimate of drug-likeness (QED) is 0.313. The molecule has 0 amide bonds. The van der Waals surface area contributed by atoms with Crippen molar-refractivity contribution in [2.45, 2.75) is 45.6 Å². The Kier molecular flexibility index (Phi) is 10.3. The zero-order valence-corrected chi connectivity index (χ0v) is 13.8. The van der Waals surface area contributed by atoms with Gasteiger partial charge in [0.05, 0.1) is 35.9 Å².